The van der Waals surface area contributed by atoms with Gasteiger partial charge < -0.3 is 14.2 Å². The summed E-state index contributed by atoms with van der Waals surface area (Å²) in [4.78, 5) is 37.8. The summed E-state index contributed by atoms with van der Waals surface area (Å²) in [5.74, 6) is -0.975. The second-order valence-electron chi connectivity index (χ2n) is 16.7. The predicted molar refractivity (Wildman–Crippen MR) is 252 cm³/mol. The molecule has 0 saturated carbocycles. The molecule has 0 amide bonds. The Hall–Kier alpha value is -2.63. The summed E-state index contributed by atoms with van der Waals surface area (Å²) in [6, 6.07) is 0. The Labute approximate surface area is 365 Å². The van der Waals surface area contributed by atoms with Crippen LogP contribution in [0.5, 0.6) is 0 Å². The van der Waals surface area contributed by atoms with Crippen LogP contribution < -0.4 is 0 Å². The zero-order valence-electron chi connectivity index (χ0n) is 39.0. The Morgan fingerprint density at radius 1 is 0.356 bits per heavy atom. The van der Waals surface area contributed by atoms with Crippen molar-refractivity contribution in [1.82, 2.24) is 0 Å². The molecule has 0 aromatic heterocycles. The van der Waals surface area contributed by atoms with E-state index in [1.54, 1.807) is 0 Å². The maximum atomic E-state index is 12.7. The lowest BCUT2D eigenvalue weighted by Crippen LogP contribution is -2.30. The fraction of sp³-hybridized carbons (Fsp3) is 0.792. The molecule has 0 aromatic rings. The molecule has 0 radical (unpaired) electrons. The van der Waals surface area contributed by atoms with Crippen LogP contribution in [0.15, 0.2) is 48.6 Å². The Balaban J connectivity index is 4.36. The lowest BCUT2D eigenvalue weighted by atomic mass is 10.0. The average Bonchev–Trinajstić information content (AvgIpc) is 3.23. The van der Waals surface area contributed by atoms with Crippen molar-refractivity contribution in [3.8, 4) is 0 Å². The standard InChI is InChI=1S/C53H94O6/c1-4-7-10-13-16-19-22-24-25-26-27-28-30-31-34-37-40-43-46-52(55)58-49-50(48-57-51(54)45-42-39-36-33-21-18-15-12-9-6-3)59-53(56)47-44-41-38-35-32-29-23-20-17-14-11-8-5-2/h8,11,17,20,29,32,38,41,50H,4-7,9-10,12-16,18-19,21-28,30-31,33-37,39-40,42-49H2,1-3H3/b11-8-,20-17-,32-29-,41-38-. The zero-order valence-corrected chi connectivity index (χ0v) is 39.0. The molecule has 0 heterocycles. The Kier molecular flexibility index (Phi) is 45.9. The fourth-order valence-electron chi connectivity index (χ4n) is 7.10. The van der Waals surface area contributed by atoms with Gasteiger partial charge in [-0.2, -0.15) is 0 Å². The van der Waals surface area contributed by atoms with E-state index < -0.39 is 6.10 Å². The van der Waals surface area contributed by atoms with Crippen LogP contribution in [0.3, 0.4) is 0 Å². The zero-order chi connectivity index (χ0) is 43.0. The van der Waals surface area contributed by atoms with Gasteiger partial charge >= 0.3 is 17.9 Å². The third-order valence-electron chi connectivity index (χ3n) is 10.9. The molecule has 0 aliphatic carbocycles. The average molecular weight is 827 g/mol. The molecule has 0 N–H and O–H groups in total. The topological polar surface area (TPSA) is 78.9 Å². The molecule has 0 spiro atoms. The Bertz CT molecular complexity index is 1040. The van der Waals surface area contributed by atoms with Crippen molar-refractivity contribution in [2.75, 3.05) is 13.2 Å². The number of rotatable bonds is 45. The molecule has 0 fully saturated rings. The molecule has 0 aromatic carbocycles. The third kappa shape index (κ3) is 46.3. The Morgan fingerprint density at radius 2 is 0.661 bits per heavy atom. The highest BCUT2D eigenvalue weighted by molar-refractivity contribution is 5.71. The fourth-order valence-corrected chi connectivity index (χ4v) is 7.10. The maximum Gasteiger partial charge on any atom is 0.306 e. The SMILES string of the molecule is CC/C=C\C/C=C\C/C=C\C/C=C\CCC(=O)OC(COC(=O)CCCCCCCCCCCC)COC(=O)CCCCCCCCCCCCCCCCCCCC. The number of hydrogen-bond donors (Lipinski definition) is 0. The van der Waals surface area contributed by atoms with Crippen LogP contribution in [0.25, 0.3) is 0 Å². The lowest BCUT2D eigenvalue weighted by Gasteiger charge is -2.18. The molecule has 6 heteroatoms. The van der Waals surface area contributed by atoms with Crippen molar-refractivity contribution >= 4 is 17.9 Å². The van der Waals surface area contributed by atoms with Crippen LogP contribution in [-0.2, 0) is 28.6 Å². The number of unbranched alkanes of at least 4 members (excludes halogenated alkanes) is 26. The second-order valence-corrected chi connectivity index (χ2v) is 16.7. The van der Waals surface area contributed by atoms with Gasteiger partial charge in [0, 0.05) is 19.3 Å². The number of carbonyl (C=O) groups is 3. The Morgan fingerprint density at radius 3 is 1.00 bits per heavy atom. The number of esters is 3. The first kappa shape index (κ1) is 56.4. The normalized spacial score (nSPS) is 12.4. The molecule has 0 rings (SSSR count). The summed E-state index contributed by atoms with van der Waals surface area (Å²) in [5.41, 5.74) is 0. The minimum absolute atomic E-state index is 0.0981. The summed E-state index contributed by atoms with van der Waals surface area (Å²) < 4.78 is 16.7. The van der Waals surface area contributed by atoms with Crippen LogP contribution in [-0.4, -0.2) is 37.2 Å². The molecule has 0 aliphatic heterocycles. The van der Waals surface area contributed by atoms with E-state index in [4.69, 9.17) is 14.2 Å². The number of allylic oxidation sites excluding steroid dienone is 8. The highest BCUT2D eigenvalue weighted by atomic mass is 16.6. The first-order chi connectivity index (χ1) is 29.0. The van der Waals surface area contributed by atoms with Crippen molar-refractivity contribution in [3.63, 3.8) is 0 Å². The molecular formula is C53H94O6. The molecule has 1 unspecified atom stereocenters. The summed E-state index contributed by atoms with van der Waals surface area (Å²) in [6.07, 6.45) is 56.9. The van der Waals surface area contributed by atoms with E-state index in [-0.39, 0.29) is 37.5 Å². The quantitative estimate of drug-likeness (QED) is 0.0263. The van der Waals surface area contributed by atoms with E-state index in [2.05, 4.69) is 57.2 Å². The van der Waals surface area contributed by atoms with Gasteiger partial charge in [0.25, 0.3) is 0 Å². The summed E-state index contributed by atoms with van der Waals surface area (Å²) >= 11 is 0. The monoisotopic (exact) mass is 827 g/mol. The molecule has 0 saturated heterocycles. The second kappa shape index (κ2) is 48.0. The smallest absolute Gasteiger partial charge is 0.306 e. The van der Waals surface area contributed by atoms with Gasteiger partial charge in [-0.3, -0.25) is 14.4 Å². The summed E-state index contributed by atoms with van der Waals surface area (Å²) in [7, 11) is 0. The highest BCUT2D eigenvalue weighted by Gasteiger charge is 2.19. The summed E-state index contributed by atoms with van der Waals surface area (Å²) in [5, 5.41) is 0. The lowest BCUT2D eigenvalue weighted by molar-refractivity contribution is -0.166. The van der Waals surface area contributed by atoms with E-state index in [1.165, 1.54) is 141 Å². The van der Waals surface area contributed by atoms with Gasteiger partial charge in [0.2, 0.25) is 0 Å². The van der Waals surface area contributed by atoms with E-state index in [9.17, 15) is 14.4 Å². The van der Waals surface area contributed by atoms with Crippen LogP contribution >= 0.6 is 0 Å². The van der Waals surface area contributed by atoms with E-state index in [0.29, 0.717) is 19.3 Å². The number of ether oxygens (including phenoxy) is 3. The molecule has 0 bridgehead atoms. The van der Waals surface area contributed by atoms with Crippen LogP contribution in [0, 0.1) is 0 Å². The van der Waals surface area contributed by atoms with Crippen LogP contribution in [0.2, 0.25) is 0 Å². The first-order valence-corrected chi connectivity index (χ1v) is 25.1. The van der Waals surface area contributed by atoms with Gasteiger partial charge in [0.15, 0.2) is 6.10 Å². The minimum Gasteiger partial charge on any atom is -0.462 e. The minimum atomic E-state index is -0.805. The van der Waals surface area contributed by atoms with Gasteiger partial charge in [0.05, 0.1) is 0 Å². The molecule has 0 aliphatic rings. The van der Waals surface area contributed by atoms with Gasteiger partial charge in [0.1, 0.15) is 13.2 Å². The van der Waals surface area contributed by atoms with Gasteiger partial charge in [-0.15, -0.1) is 0 Å². The number of hydrogen-bond acceptors (Lipinski definition) is 6. The first-order valence-electron chi connectivity index (χ1n) is 25.1. The van der Waals surface area contributed by atoms with Crippen LogP contribution in [0.4, 0.5) is 0 Å². The largest absolute Gasteiger partial charge is 0.462 e. The third-order valence-corrected chi connectivity index (χ3v) is 10.9. The van der Waals surface area contributed by atoms with Crippen molar-refractivity contribution in [2.24, 2.45) is 0 Å². The van der Waals surface area contributed by atoms with E-state index in [0.717, 1.165) is 64.2 Å². The van der Waals surface area contributed by atoms with Gasteiger partial charge in [-0.25, -0.2) is 0 Å². The highest BCUT2D eigenvalue weighted by Crippen LogP contribution is 2.16. The maximum absolute atomic E-state index is 12.7. The van der Waals surface area contributed by atoms with Crippen molar-refractivity contribution in [3.05, 3.63) is 48.6 Å². The molecule has 1 atom stereocenters. The van der Waals surface area contributed by atoms with E-state index in [1.807, 2.05) is 12.2 Å². The number of carbonyl (C=O) groups excluding carboxylic acids is 3. The molecule has 342 valence electrons. The van der Waals surface area contributed by atoms with Crippen molar-refractivity contribution in [1.29, 1.82) is 0 Å². The molecule has 59 heavy (non-hydrogen) atoms. The van der Waals surface area contributed by atoms with Gasteiger partial charge in [-0.05, 0) is 44.9 Å². The van der Waals surface area contributed by atoms with E-state index >= 15 is 0 Å². The van der Waals surface area contributed by atoms with Crippen LogP contribution in [0.1, 0.15) is 252 Å². The predicted octanol–water partition coefficient (Wildman–Crippen LogP) is 16.3. The summed E-state index contributed by atoms with van der Waals surface area (Å²) in [6.45, 7) is 6.46. The van der Waals surface area contributed by atoms with Crippen molar-refractivity contribution < 1.29 is 28.6 Å². The molecule has 6 nitrogen and oxygen atoms in total. The van der Waals surface area contributed by atoms with Crippen molar-refractivity contribution in [2.45, 2.75) is 258 Å². The molecular weight excluding hydrogens is 733 g/mol. The van der Waals surface area contributed by atoms with Gasteiger partial charge in [-0.1, -0.05) is 236 Å².